The van der Waals surface area contributed by atoms with Crippen molar-refractivity contribution in [2.24, 2.45) is 5.73 Å². The molecule has 144 valence electrons. The zero-order chi connectivity index (χ0) is 19.9. The van der Waals surface area contributed by atoms with Gasteiger partial charge in [0.05, 0.1) is 5.56 Å². The van der Waals surface area contributed by atoms with Crippen LogP contribution in [0.1, 0.15) is 36.7 Å². The molecule has 1 aromatic carbocycles. The fourth-order valence-electron chi connectivity index (χ4n) is 3.04. The van der Waals surface area contributed by atoms with Gasteiger partial charge in [0.2, 0.25) is 5.91 Å². The smallest absolute Gasteiger partial charge is 0.355 e. The molecule has 7 nitrogen and oxygen atoms in total. The van der Waals surface area contributed by atoms with Crippen LogP contribution in [0.25, 0.3) is 0 Å². The van der Waals surface area contributed by atoms with Gasteiger partial charge in [-0.15, -0.1) is 11.8 Å². The van der Waals surface area contributed by atoms with Gasteiger partial charge in [-0.05, 0) is 50.5 Å². The lowest BCUT2D eigenvalue weighted by molar-refractivity contribution is -0.158. The molecule has 2 aliphatic heterocycles. The topological polar surface area (TPSA) is 110 Å². The normalized spacial score (nSPS) is 22.2. The predicted molar refractivity (Wildman–Crippen MR) is 101 cm³/mol. The highest BCUT2D eigenvalue weighted by atomic mass is 32.2. The summed E-state index contributed by atoms with van der Waals surface area (Å²) in [4.78, 5) is 37.5. The first-order valence-electron chi connectivity index (χ1n) is 8.56. The number of nitrogens with zero attached hydrogens (tertiary/aromatic N) is 1. The third-order valence-corrected chi connectivity index (χ3v) is 5.66. The van der Waals surface area contributed by atoms with Gasteiger partial charge >= 0.3 is 11.9 Å². The summed E-state index contributed by atoms with van der Waals surface area (Å²) in [6.45, 7) is 5.32. The molecule has 3 N–H and O–H groups in total. The van der Waals surface area contributed by atoms with Crippen LogP contribution in [0.5, 0.6) is 0 Å². The second-order valence-corrected chi connectivity index (χ2v) is 8.67. The number of nitrogens with two attached hydrogens (primary N) is 1. The van der Waals surface area contributed by atoms with Crippen molar-refractivity contribution in [3.05, 3.63) is 46.7 Å². The molecule has 0 radical (unpaired) electrons. The van der Waals surface area contributed by atoms with Crippen LogP contribution in [0.15, 0.2) is 35.5 Å². The van der Waals surface area contributed by atoms with Crippen LogP contribution in [-0.4, -0.2) is 50.6 Å². The van der Waals surface area contributed by atoms with E-state index in [0.29, 0.717) is 12.2 Å². The zero-order valence-electron chi connectivity index (χ0n) is 15.4. The van der Waals surface area contributed by atoms with E-state index in [9.17, 15) is 14.4 Å². The molecule has 0 spiro atoms. The quantitative estimate of drug-likeness (QED) is 0.595. The van der Waals surface area contributed by atoms with Gasteiger partial charge < -0.3 is 15.6 Å². The van der Waals surface area contributed by atoms with Gasteiger partial charge in [-0.2, -0.15) is 0 Å². The summed E-state index contributed by atoms with van der Waals surface area (Å²) in [6, 6.07) is 5.86. The molecule has 0 bridgehead atoms. The summed E-state index contributed by atoms with van der Waals surface area (Å²) in [5, 5.41) is 8.76. The lowest BCUT2D eigenvalue weighted by Crippen LogP contribution is -2.68. The van der Waals surface area contributed by atoms with E-state index in [1.807, 2.05) is 0 Å². The van der Waals surface area contributed by atoms with Crippen molar-refractivity contribution in [3.8, 4) is 0 Å². The Bertz CT molecular complexity index is 825. The molecule has 0 saturated carbocycles. The van der Waals surface area contributed by atoms with Crippen LogP contribution in [0, 0.1) is 0 Å². The molecule has 2 atom stereocenters. The van der Waals surface area contributed by atoms with Gasteiger partial charge in [0.15, 0.2) is 0 Å². The molecule has 3 rings (SSSR count). The Morgan fingerprint density at radius 1 is 1.30 bits per heavy atom. The van der Waals surface area contributed by atoms with Crippen molar-refractivity contribution in [2.45, 2.75) is 44.2 Å². The number of aromatic carboxylic acids is 1. The number of carbonyl (C=O) groups excluding carboxylic acids is 2. The first-order valence-corrected chi connectivity index (χ1v) is 9.61. The lowest BCUT2D eigenvalue weighted by Gasteiger charge is -2.48. The molecule has 0 aliphatic carbocycles. The van der Waals surface area contributed by atoms with Gasteiger partial charge in [-0.1, -0.05) is 12.1 Å². The number of ether oxygens (including phenoxy) is 1. The minimum atomic E-state index is -0.994. The second-order valence-electron chi connectivity index (χ2n) is 7.57. The van der Waals surface area contributed by atoms with E-state index in [0.717, 1.165) is 11.1 Å². The van der Waals surface area contributed by atoms with Crippen LogP contribution >= 0.6 is 11.8 Å². The average molecular weight is 390 g/mol. The molecule has 1 amide bonds. The van der Waals surface area contributed by atoms with Gasteiger partial charge in [-0.3, -0.25) is 9.69 Å². The van der Waals surface area contributed by atoms with Crippen LogP contribution in [-0.2, 0) is 20.7 Å². The fraction of sp³-hybridized carbons (Fsp3) is 0.421. The molecular weight excluding hydrogens is 368 g/mol. The summed E-state index contributed by atoms with van der Waals surface area (Å²) in [5.74, 6) is -1.26. The third-order valence-electron chi connectivity index (χ3n) is 4.30. The van der Waals surface area contributed by atoms with E-state index in [1.165, 1.54) is 28.8 Å². The third kappa shape index (κ3) is 3.86. The molecular formula is C19H22N2O5S. The zero-order valence-corrected chi connectivity index (χ0v) is 16.2. The maximum absolute atomic E-state index is 12.8. The number of carbonyl (C=O) groups is 3. The molecule has 1 fully saturated rings. The number of hydrogen-bond donors (Lipinski definition) is 2. The number of carboxylic acids is 1. The van der Waals surface area contributed by atoms with Crippen LogP contribution in [0.4, 0.5) is 0 Å². The van der Waals surface area contributed by atoms with Crippen LogP contribution < -0.4 is 5.73 Å². The summed E-state index contributed by atoms with van der Waals surface area (Å²) in [6.07, 6.45) is 0.424. The molecule has 0 unspecified atom stereocenters. The van der Waals surface area contributed by atoms with E-state index in [4.69, 9.17) is 15.6 Å². The highest BCUT2D eigenvalue weighted by molar-refractivity contribution is 8.00. The molecule has 2 aliphatic rings. The average Bonchev–Trinajstić information content (AvgIpc) is 2.59. The Balaban J connectivity index is 1.93. The minimum Gasteiger partial charge on any atom is -0.478 e. The fourth-order valence-corrected chi connectivity index (χ4v) is 4.34. The van der Waals surface area contributed by atoms with E-state index in [-0.39, 0.29) is 22.5 Å². The summed E-state index contributed by atoms with van der Waals surface area (Å²) < 4.78 is 5.51. The van der Waals surface area contributed by atoms with Gasteiger partial charge in [0.1, 0.15) is 22.7 Å². The van der Waals surface area contributed by atoms with Crippen molar-refractivity contribution in [2.75, 3.05) is 5.75 Å². The first kappa shape index (κ1) is 19.4. The first-order chi connectivity index (χ1) is 12.6. The van der Waals surface area contributed by atoms with E-state index >= 15 is 0 Å². The molecule has 1 aromatic rings. The van der Waals surface area contributed by atoms with E-state index < -0.39 is 23.6 Å². The van der Waals surface area contributed by atoms with Gasteiger partial charge in [0, 0.05) is 5.75 Å². The number of fused-ring (bicyclic) bond motifs is 1. The molecule has 0 aromatic heterocycles. The van der Waals surface area contributed by atoms with Crippen molar-refractivity contribution in [1.29, 1.82) is 0 Å². The number of thioether (sulfide) groups is 1. The van der Waals surface area contributed by atoms with Crippen molar-refractivity contribution < 1.29 is 24.2 Å². The standard InChI is InChI=1S/C19H22N2O5S/c1-19(2,3)26-18(25)14-12(9-27-16-13(20)15(22)21(14)16)8-10-4-6-11(7-5-10)17(23)24/h4-7,13,16H,8-9,20H2,1-3H3,(H,23,24)/t13-,16-/m1/s1. The molecule has 8 heteroatoms. The Morgan fingerprint density at radius 3 is 2.48 bits per heavy atom. The Morgan fingerprint density at radius 2 is 1.93 bits per heavy atom. The number of β-lactam (4-membered cyclic amide) rings is 1. The molecule has 27 heavy (non-hydrogen) atoms. The van der Waals surface area contributed by atoms with Crippen LogP contribution in [0.2, 0.25) is 0 Å². The SMILES string of the molecule is CC(C)(C)OC(=O)C1=C(Cc2ccc(C(=O)O)cc2)CS[C@@H]2[C@H](N)C(=O)N12. The highest BCUT2D eigenvalue weighted by Crippen LogP contribution is 2.41. The van der Waals surface area contributed by atoms with Gasteiger partial charge in [0.25, 0.3) is 0 Å². The Kier molecular flexibility index (Phi) is 5.05. The summed E-state index contributed by atoms with van der Waals surface area (Å²) >= 11 is 1.52. The molecule has 1 saturated heterocycles. The minimum absolute atomic E-state index is 0.196. The Labute approximate surface area is 161 Å². The number of carboxylic acid groups (broad SMARTS) is 1. The van der Waals surface area contributed by atoms with Crippen molar-refractivity contribution in [3.63, 3.8) is 0 Å². The number of esters is 1. The highest BCUT2D eigenvalue weighted by Gasteiger charge is 2.52. The number of hydrogen-bond acceptors (Lipinski definition) is 6. The number of rotatable bonds is 4. The van der Waals surface area contributed by atoms with Gasteiger partial charge in [-0.25, -0.2) is 9.59 Å². The maximum atomic E-state index is 12.8. The predicted octanol–water partition coefficient (Wildman–Crippen LogP) is 1.77. The van der Waals surface area contributed by atoms with E-state index in [2.05, 4.69) is 0 Å². The monoisotopic (exact) mass is 390 g/mol. The summed E-state index contributed by atoms with van der Waals surface area (Å²) in [7, 11) is 0. The van der Waals surface area contributed by atoms with Crippen LogP contribution in [0.3, 0.4) is 0 Å². The largest absolute Gasteiger partial charge is 0.478 e. The van der Waals surface area contributed by atoms with E-state index in [1.54, 1.807) is 32.9 Å². The number of benzene rings is 1. The Hall–Kier alpha value is -2.32. The summed E-state index contributed by atoms with van der Waals surface area (Å²) in [5.41, 5.74) is 7.27. The lowest BCUT2D eigenvalue weighted by atomic mass is 9.98. The molecule has 2 heterocycles. The number of amides is 1. The second kappa shape index (κ2) is 7.01. The van der Waals surface area contributed by atoms with Crippen molar-refractivity contribution >= 4 is 29.6 Å². The van der Waals surface area contributed by atoms with Crippen molar-refractivity contribution in [1.82, 2.24) is 4.90 Å². The maximum Gasteiger partial charge on any atom is 0.355 e.